The van der Waals surface area contributed by atoms with Crippen molar-refractivity contribution in [3.63, 3.8) is 0 Å². The van der Waals surface area contributed by atoms with Crippen LogP contribution in [-0.4, -0.2) is 4.98 Å². The Kier molecular flexibility index (Phi) is 3.12. The molecule has 1 N–H and O–H groups in total. The highest BCUT2D eigenvalue weighted by Crippen LogP contribution is 2.30. The van der Waals surface area contributed by atoms with E-state index in [1.54, 1.807) is 12.1 Å². The maximum Gasteiger partial charge on any atom is 0.188 e. The Hall–Kier alpha value is -1.65. The predicted octanol–water partition coefficient (Wildman–Crippen LogP) is 5.14. The molecule has 96 valence electrons. The van der Waals surface area contributed by atoms with E-state index >= 15 is 0 Å². The number of hydrogen-bond donors (Lipinski definition) is 1. The first kappa shape index (κ1) is 12.4. The third-order valence-electron chi connectivity index (χ3n) is 2.72. The molecule has 0 unspecified atom stereocenters. The van der Waals surface area contributed by atoms with Gasteiger partial charge in [-0.1, -0.05) is 29.0 Å². The molecule has 5 heteroatoms. The highest BCUT2D eigenvalue weighted by atomic mass is 35.5. The number of nitrogens with one attached hydrogen (secondary N) is 1. The SMILES string of the molecule is Cc1ccc(Nc2nc3cc(Cl)ccc3s2)c(F)c1. The molecule has 0 aliphatic heterocycles. The van der Waals surface area contributed by atoms with Crippen LogP contribution in [0, 0.1) is 12.7 Å². The summed E-state index contributed by atoms with van der Waals surface area (Å²) in [5.41, 5.74) is 2.13. The van der Waals surface area contributed by atoms with Gasteiger partial charge in [0.1, 0.15) is 5.82 Å². The van der Waals surface area contributed by atoms with Crippen molar-refractivity contribution in [1.29, 1.82) is 0 Å². The Balaban J connectivity index is 1.96. The number of aromatic nitrogens is 1. The topological polar surface area (TPSA) is 24.9 Å². The number of hydrogen-bond acceptors (Lipinski definition) is 3. The minimum absolute atomic E-state index is 0.280. The second kappa shape index (κ2) is 4.79. The van der Waals surface area contributed by atoms with Crippen molar-refractivity contribution < 1.29 is 4.39 Å². The van der Waals surface area contributed by atoms with Crippen LogP contribution in [0.5, 0.6) is 0 Å². The first-order valence-corrected chi connectivity index (χ1v) is 6.90. The molecule has 2 nitrogen and oxygen atoms in total. The molecule has 0 spiro atoms. The van der Waals surface area contributed by atoms with Gasteiger partial charge in [0, 0.05) is 5.02 Å². The van der Waals surface area contributed by atoms with Crippen molar-refractivity contribution in [3.05, 3.63) is 52.8 Å². The van der Waals surface area contributed by atoms with E-state index in [0.717, 1.165) is 15.8 Å². The first-order valence-electron chi connectivity index (χ1n) is 5.71. The number of halogens is 2. The Labute approximate surface area is 118 Å². The van der Waals surface area contributed by atoms with E-state index in [-0.39, 0.29) is 5.82 Å². The lowest BCUT2D eigenvalue weighted by molar-refractivity contribution is 0.630. The molecule has 1 aromatic heterocycles. The summed E-state index contributed by atoms with van der Waals surface area (Å²) in [6, 6.07) is 10.6. The van der Waals surface area contributed by atoms with E-state index in [9.17, 15) is 4.39 Å². The van der Waals surface area contributed by atoms with Crippen LogP contribution in [0.2, 0.25) is 5.02 Å². The normalized spacial score (nSPS) is 10.9. The fraction of sp³-hybridized carbons (Fsp3) is 0.0714. The lowest BCUT2D eigenvalue weighted by Crippen LogP contribution is -1.93. The summed E-state index contributed by atoms with van der Waals surface area (Å²) < 4.78 is 14.8. The summed E-state index contributed by atoms with van der Waals surface area (Å²) in [7, 11) is 0. The van der Waals surface area contributed by atoms with Gasteiger partial charge in [-0.25, -0.2) is 9.37 Å². The number of benzene rings is 2. The average Bonchev–Trinajstić information content (AvgIpc) is 2.74. The fourth-order valence-electron chi connectivity index (χ4n) is 1.79. The molecule has 19 heavy (non-hydrogen) atoms. The second-order valence-electron chi connectivity index (χ2n) is 4.24. The van der Waals surface area contributed by atoms with Gasteiger partial charge >= 0.3 is 0 Å². The van der Waals surface area contributed by atoms with Crippen molar-refractivity contribution in [3.8, 4) is 0 Å². The highest BCUT2D eigenvalue weighted by molar-refractivity contribution is 7.22. The van der Waals surface area contributed by atoms with E-state index in [1.165, 1.54) is 17.4 Å². The molecule has 0 saturated carbocycles. The molecule has 1 heterocycles. The quantitative estimate of drug-likeness (QED) is 0.707. The van der Waals surface area contributed by atoms with Gasteiger partial charge in [0.15, 0.2) is 5.13 Å². The van der Waals surface area contributed by atoms with Crippen molar-refractivity contribution >= 4 is 44.0 Å². The average molecular weight is 293 g/mol. The predicted molar refractivity (Wildman–Crippen MR) is 79.0 cm³/mol. The third kappa shape index (κ3) is 2.55. The molecule has 0 fully saturated rings. The van der Waals surface area contributed by atoms with Gasteiger partial charge in [-0.15, -0.1) is 0 Å². The van der Waals surface area contributed by atoms with Crippen LogP contribution in [0.4, 0.5) is 15.2 Å². The van der Waals surface area contributed by atoms with Gasteiger partial charge in [0.2, 0.25) is 0 Å². The molecule has 0 amide bonds. The van der Waals surface area contributed by atoms with E-state index in [1.807, 2.05) is 25.1 Å². The number of rotatable bonds is 2. The van der Waals surface area contributed by atoms with Gasteiger partial charge in [0.05, 0.1) is 15.9 Å². The minimum Gasteiger partial charge on any atom is -0.329 e. The number of nitrogens with zero attached hydrogens (tertiary/aromatic N) is 1. The van der Waals surface area contributed by atoms with Crippen LogP contribution < -0.4 is 5.32 Å². The van der Waals surface area contributed by atoms with Gasteiger partial charge < -0.3 is 5.32 Å². The largest absolute Gasteiger partial charge is 0.329 e. The van der Waals surface area contributed by atoms with Gasteiger partial charge in [-0.05, 0) is 42.8 Å². The lowest BCUT2D eigenvalue weighted by atomic mass is 10.2. The van der Waals surface area contributed by atoms with Crippen molar-refractivity contribution in [2.24, 2.45) is 0 Å². The third-order valence-corrected chi connectivity index (χ3v) is 3.90. The molecular formula is C14H10ClFN2S. The molecule has 0 atom stereocenters. The summed E-state index contributed by atoms with van der Waals surface area (Å²) in [4.78, 5) is 4.39. The summed E-state index contributed by atoms with van der Waals surface area (Å²) in [6.45, 7) is 1.85. The minimum atomic E-state index is -0.280. The molecule has 0 bridgehead atoms. The molecule has 0 aliphatic carbocycles. The zero-order valence-electron chi connectivity index (χ0n) is 10.1. The van der Waals surface area contributed by atoms with Crippen LogP contribution in [0.1, 0.15) is 5.56 Å². The number of aryl methyl sites for hydroxylation is 1. The van der Waals surface area contributed by atoms with Crippen LogP contribution in [0.25, 0.3) is 10.2 Å². The Morgan fingerprint density at radius 2 is 2.05 bits per heavy atom. The molecular weight excluding hydrogens is 283 g/mol. The van der Waals surface area contributed by atoms with E-state index in [2.05, 4.69) is 10.3 Å². The standard InChI is InChI=1S/C14H10ClFN2S/c1-8-2-4-11(10(16)6-8)17-14-18-12-7-9(15)3-5-13(12)19-14/h2-7H,1H3,(H,17,18). The van der Waals surface area contributed by atoms with E-state index in [4.69, 9.17) is 11.6 Å². The summed E-state index contributed by atoms with van der Waals surface area (Å²) >= 11 is 7.38. The van der Waals surface area contributed by atoms with Crippen LogP contribution in [0.15, 0.2) is 36.4 Å². The smallest absolute Gasteiger partial charge is 0.188 e. The van der Waals surface area contributed by atoms with E-state index < -0.39 is 0 Å². The number of fused-ring (bicyclic) bond motifs is 1. The zero-order valence-corrected chi connectivity index (χ0v) is 11.6. The lowest BCUT2D eigenvalue weighted by Gasteiger charge is -2.04. The highest BCUT2D eigenvalue weighted by Gasteiger charge is 2.07. The Morgan fingerprint density at radius 1 is 1.21 bits per heavy atom. The van der Waals surface area contributed by atoms with Crippen LogP contribution in [-0.2, 0) is 0 Å². The van der Waals surface area contributed by atoms with Gasteiger partial charge in [-0.3, -0.25) is 0 Å². The summed E-state index contributed by atoms with van der Waals surface area (Å²) in [5.74, 6) is -0.280. The Bertz CT molecular complexity index is 754. The van der Waals surface area contributed by atoms with Gasteiger partial charge in [-0.2, -0.15) is 0 Å². The van der Waals surface area contributed by atoms with Crippen LogP contribution in [0.3, 0.4) is 0 Å². The molecule has 3 aromatic rings. The Morgan fingerprint density at radius 3 is 2.84 bits per heavy atom. The molecule has 2 aromatic carbocycles. The summed E-state index contributed by atoms with van der Waals surface area (Å²) in [5, 5.41) is 4.29. The first-order chi connectivity index (χ1) is 9.11. The molecule has 0 saturated heterocycles. The van der Waals surface area contributed by atoms with Crippen molar-refractivity contribution in [2.75, 3.05) is 5.32 Å². The zero-order chi connectivity index (χ0) is 13.4. The number of thiazole rings is 1. The number of anilines is 2. The van der Waals surface area contributed by atoms with Crippen molar-refractivity contribution in [2.45, 2.75) is 6.92 Å². The molecule has 0 aliphatic rings. The summed E-state index contributed by atoms with van der Waals surface area (Å²) in [6.07, 6.45) is 0. The fourth-order valence-corrected chi connectivity index (χ4v) is 2.82. The van der Waals surface area contributed by atoms with Crippen molar-refractivity contribution in [1.82, 2.24) is 4.98 Å². The van der Waals surface area contributed by atoms with E-state index in [0.29, 0.717) is 15.8 Å². The molecule has 3 rings (SSSR count). The monoisotopic (exact) mass is 292 g/mol. The maximum atomic E-state index is 13.7. The molecule has 0 radical (unpaired) electrons. The maximum absolute atomic E-state index is 13.7. The van der Waals surface area contributed by atoms with Crippen LogP contribution >= 0.6 is 22.9 Å². The second-order valence-corrected chi connectivity index (χ2v) is 5.71. The van der Waals surface area contributed by atoms with Gasteiger partial charge in [0.25, 0.3) is 0 Å².